The maximum Gasteiger partial charge on any atom is 0.195 e. The fraction of sp³-hybridized carbons (Fsp3) is 0.692. The Balaban J connectivity index is 2.63. The standard InChI is InChI=1S/C13H22N6S2/c1-5-8(4)9(10-14-16-12(20)18(10)6-2)11-15-17-13(21)19(11)7-3/h8-9H,5-7H2,1-4H3,(H,16,20)(H,17,21). The van der Waals surface area contributed by atoms with Crippen molar-refractivity contribution in [3.05, 3.63) is 21.2 Å². The van der Waals surface area contributed by atoms with Gasteiger partial charge in [0.2, 0.25) is 0 Å². The first-order chi connectivity index (χ1) is 10.0. The molecule has 0 radical (unpaired) electrons. The zero-order valence-electron chi connectivity index (χ0n) is 12.9. The van der Waals surface area contributed by atoms with Gasteiger partial charge in [-0.2, -0.15) is 10.2 Å². The van der Waals surface area contributed by atoms with Crippen LogP contribution in [-0.4, -0.2) is 29.5 Å². The van der Waals surface area contributed by atoms with Crippen LogP contribution in [0.5, 0.6) is 0 Å². The molecule has 0 aliphatic heterocycles. The number of aromatic nitrogens is 6. The summed E-state index contributed by atoms with van der Waals surface area (Å²) in [6.45, 7) is 10.1. The lowest BCUT2D eigenvalue weighted by molar-refractivity contribution is 0.431. The number of nitrogens with zero attached hydrogens (tertiary/aromatic N) is 4. The molecular weight excluding hydrogens is 304 g/mol. The minimum Gasteiger partial charge on any atom is -0.304 e. The Morgan fingerprint density at radius 2 is 1.38 bits per heavy atom. The highest BCUT2D eigenvalue weighted by molar-refractivity contribution is 7.71. The van der Waals surface area contributed by atoms with E-state index in [0.29, 0.717) is 15.5 Å². The number of nitrogens with one attached hydrogen (secondary N) is 2. The number of hydrogen-bond donors (Lipinski definition) is 2. The van der Waals surface area contributed by atoms with E-state index in [9.17, 15) is 0 Å². The number of aromatic amines is 2. The topological polar surface area (TPSA) is 67.2 Å². The van der Waals surface area contributed by atoms with E-state index in [1.807, 2.05) is 9.13 Å². The van der Waals surface area contributed by atoms with Crippen LogP contribution in [-0.2, 0) is 13.1 Å². The second kappa shape index (κ2) is 6.65. The zero-order valence-corrected chi connectivity index (χ0v) is 14.5. The van der Waals surface area contributed by atoms with E-state index in [-0.39, 0.29) is 5.92 Å². The van der Waals surface area contributed by atoms with Crippen molar-refractivity contribution in [1.29, 1.82) is 0 Å². The Morgan fingerprint density at radius 1 is 0.952 bits per heavy atom. The molecule has 2 heterocycles. The van der Waals surface area contributed by atoms with E-state index in [2.05, 4.69) is 48.1 Å². The quantitative estimate of drug-likeness (QED) is 0.798. The Bertz CT molecular complexity index is 651. The van der Waals surface area contributed by atoms with Crippen molar-refractivity contribution in [3.8, 4) is 0 Å². The fourth-order valence-electron chi connectivity index (χ4n) is 2.61. The average molecular weight is 326 g/mol. The van der Waals surface area contributed by atoms with Gasteiger partial charge in [-0.3, -0.25) is 10.2 Å². The molecule has 0 spiro atoms. The van der Waals surface area contributed by atoms with Gasteiger partial charge in [-0.25, -0.2) is 0 Å². The molecule has 1 unspecified atom stereocenters. The maximum atomic E-state index is 5.32. The summed E-state index contributed by atoms with van der Waals surface area (Å²) in [6, 6.07) is 0. The highest BCUT2D eigenvalue weighted by Gasteiger charge is 2.29. The van der Waals surface area contributed by atoms with Crippen molar-refractivity contribution in [3.63, 3.8) is 0 Å². The van der Waals surface area contributed by atoms with E-state index in [0.717, 1.165) is 31.2 Å². The third-order valence-electron chi connectivity index (χ3n) is 3.98. The SMILES string of the molecule is CCC(C)C(c1n[nH]c(=S)n1CC)c1n[nH]c(=S)n1CC. The van der Waals surface area contributed by atoms with Crippen molar-refractivity contribution in [2.24, 2.45) is 5.92 Å². The van der Waals surface area contributed by atoms with Gasteiger partial charge in [0.15, 0.2) is 9.54 Å². The normalized spacial score (nSPS) is 13.0. The highest BCUT2D eigenvalue weighted by Crippen LogP contribution is 2.31. The van der Waals surface area contributed by atoms with Crippen molar-refractivity contribution in [2.75, 3.05) is 0 Å². The van der Waals surface area contributed by atoms with Gasteiger partial charge in [0.25, 0.3) is 0 Å². The second-order valence-electron chi connectivity index (χ2n) is 5.13. The van der Waals surface area contributed by atoms with Gasteiger partial charge in [-0.15, -0.1) is 0 Å². The van der Waals surface area contributed by atoms with Gasteiger partial charge in [0.05, 0.1) is 5.92 Å². The molecular formula is C13H22N6S2. The third kappa shape index (κ3) is 2.87. The van der Waals surface area contributed by atoms with Gasteiger partial charge < -0.3 is 9.13 Å². The van der Waals surface area contributed by atoms with Crippen LogP contribution in [0.4, 0.5) is 0 Å². The summed E-state index contributed by atoms with van der Waals surface area (Å²) >= 11 is 10.6. The molecule has 0 fully saturated rings. The Kier molecular flexibility index (Phi) is 5.10. The number of rotatable bonds is 6. The highest BCUT2D eigenvalue weighted by atomic mass is 32.1. The van der Waals surface area contributed by atoms with Gasteiger partial charge in [-0.1, -0.05) is 20.3 Å². The molecule has 0 aliphatic carbocycles. The van der Waals surface area contributed by atoms with E-state index in [1.165, 1.54) is 0 Å². The van der Waals surface area contributed by atoms with E-state index >= 15 is 0 Å². The van der Waals surface area contributed by atoms with Crippen LogP contribution in [0.3, 0.4) is 0 Å². The first kappa shape index (κ1) is 16.1. The Hall–Kier alpha value is -1.28. The molecule has 6 nitrogen and oxygen atoms in total. The van der Waals surface area contributed by atoms with Crippen LogP contribution in [0.1, 0.15) is 51.7 Å². The first-order valence-electron chi connectivity index (χ1n) is 7.35. The summed E-state index contributed by atoms with van der Waals surface area (Å²) in [6.07, 6.45) is 1.03. The predicted octanol–water partition coefficient (Wildman–Crippen LogP) is 3.41. The van der Waals surface area contributed by atoms with Crippen LogP contribution in [0.2, 0.25) is 0 Å². The molecule has 2 N–H and O–H groups in total. The molecule has 0 saturated carbocycles. The molecule has 0 saturated heterocycles. The van der Waals surface area contributed by atoms with Gasteiger partial charge in [0, 0.05) is 13.1 Å². The number of hydrogen-bond acceptors (Lipinski definition) is 4. The van der Waals surface area contributed by atoms with E-state index < -0.39 is 0 Å². The summed E-state index contributed by atoms with van der Waals surface area (Å²) in [7, 11) is 0. The molecule has 0 amide bonds. The van der Waals surface area contributed by atoms with Crippen molar-refractivity contribution in [1.82, 2.24) is 29.5 Å². The third-order valence-corrected chi connectivity index (χ3v) is 4.60. The molecule has 2 rings (SSSR count). The van der Waals surface area contributed by atoms with Crippen molar-refractivity contribution < 1.29 is 0 Å². The molecule has 116 valence electrons. The second-order valence-corrected chi connectivity index (χ2v) is 5.90. The average Bonchev–Trinajstić information content (AvgIpc) is 3.02. The minimum atomic E-state index is 0.0656. The zero-order chi connectivity index (χ0) is 15.6. The molecule has 0 bridgehead atoms. The van der Waals surface area contributed by atoms with Crippen molar-refractivity contribution >= 4 is 24.4 Å². The van der Waals surface area contributed by atoms with Crippen LogP contribution in [0.15, 0.2) is 0 Å². The maximum absolute atomic E-state index is 5.32. The monoisotopic (exact) mass is 326 g/mol. The molecule has 2 aromatic heterocycles. The van der Waals surface area contributed by atoms with Crippen LogP contribution in [0, 0.1) is 15.5 Å². The summed E-state index contributed by atoms with van der Waals surface area (Å²) in [5.74, 6) is 2.31. The molecule has 21 heavy (non-hydrogen) atoms. The van der Waals surface area contributed by atoms with Gasteiger partial charge in [0.1, 0.15) is 11.6 Å². The largest absolute Gasteiger partial charge is 0.304 e. The lowest BCUT2D eigenvalue weighted by Crippen LogP contribution is -2.20. The number of H-pyrrole nitrogens is 2. The molecule has 1 atom stereocenters. The van der Waals surface area contributed by atoms with Crippen molar-refractivity contribution in [2.45, 2.75) is 53.1 Å². The van der Waals surface area contributed by atoms with Crippen LogP contribution in [0.25, 0.3) is 0 Å². The lowest BCUT2D eigenvalue weighted by atomic mass is 9.90. The summed E-state index contributed by atoms with van der Waals surface area (Å²) < 4.78 is 5.37. The molecule has 8 heteroatoms. The summed E-state index contributed by atoms with van der Waals surface area (Å²) in [4.78, 5) is 0. The molecule has 0 aromatic carbocycles. The van der Waals surface area contributed by atoms with Gasteiger partial charge in [-0.05, 0) is 44.2 Å². The Morgan fingerprint density at radius 3 is 1.71 bits per heavy atom. The fourth-order valence-corrected chi connectivity index (χ4v) is 3.14. The lowest BCUT2D eigenvalue weighted by Gasteiger charge is -2.22. The Labute approximate surface area is 134 Å². The van der Waals surface area contributed by atoms with E-state index in [1.54, 1.807) is 0 Å². The first-order valence-corrected chi connectivity index (χ1v) is 8.16. The van der Waals surface area contributed by atoms with Crippen LogP contribution >= 0.6 is 24.4 Å². The minimum absolute atomic E-state index is 0.0656. The van der Waals surface area contributed by atoms with E-state index in [4.69, 9.17) is 24.4 Å². The van der Waals surface area contributed by atoms with Gasteiger partial charge >= 0.3 is 0 Å². The smallest absolute Gasteiger partial charge is 0.195 e. The summed E-state index contributed by atoms with van der Waals surface area (Å²) in [5.41, 5.74) is 0. The van der Waals surface area contributed by atoms with Crippen LogP contribution < -0.4 is 0 Å². The molecule has 0 aliphatic rings. The predicted molar refractivity (Wildman–Crippen MR) is 87.5 cm³/mol. The summed E-state index contributed by atoms with van der Waals surface area (Å²) in [5, 5.41) is 14.7. The molecule has 2 aromatic rings.